The molecule has 0 aromatic heterocycles. The van der Waals surface area contributed by atoms with Gasteiger partial charge in [0, 0.05) is 18.7 Å². The van der Waals surface area contributed by atoms with Crippen molar-refractivity contribution in [2.75, 3.05) is 25.1 Å². The number of amides is 2. The topological polar surface area (TPSA) is 97.3 Å². The van der Waals surface area contributed by atoms with E-state index in [0.29, 0.717) is 41.9 Å². The van der Waals surface area contributed by atoms with Crippen molar-refractivity contribution in [2.45, 2.75) is 90.2 Å². The Hall–Kier alpha value is -3.33. The van der Waals surface area contributed by atoms with Crippen LogP contribution >= 0.6 is 11.8 Å². The molecule has 9 heteroatoms. The van der Waals surface area contributed by atoms with E-state index >= 15 is 0 Å². The maximum absolute atomic E-state index is 13.3. The number of carbonyl (C=O) groups excluding carboxylic acids is 3. The van der Waals surface area contributed by atoms with Crippen LogP contribution in [0.1, 0.15) is 95.3 Å². The van der Waals surface area contributed by atoms with Crippen LogP contribution < -0.4 is 10.1 Å². The van der Waals surface area contributed by atoms with Crippen LogP contribution in [0.4, 0.5) is 11.4 Å². The van der Waals surface area contributed by atoms with Crippen LogP contribution in [0, 0.1) is 0 Å². The van der Waals surface area contributed by atoms with Crippen molar-refractivity contribution in [3.63, 3.8) is 0 Å². The summed E-state index contributed by atoms with van der Waals surface area (Å²) < 4.78 is 10.9. The summed E-state index contributed by atoms with van der Waals surface area (Å²) in [5.74, 6) is 0.0215. The number of benzene rings is 2. The van der Waals surface area contributed by atoms with Gasteiger partial charge in [0.05, 0.1) is 24.5 Å². The van der Waals surface area contributed by atoms with Gasteiger partial charge in [-0.3, -0.25) is 14.5 Å². The van der Waals surface area contributed by atoms with Gasteiger partial charge in [0.15, 0.2) is 5.17 Å². The highest BCUT2D eigenvalue weighted by molar-refractivity contribution is 8.15. The fourth-order valence-corrected chi connectivity index (χ4v) is 5.63. The van der Waals surface area contributed by atoms with Gasteiger partial charge in [0.25, 0.3) is 0 Å². The Bertz CT molecular complexity index is 1170. The monoisotopic (exact) mass is 595 g/mol. The number of aliphatic imine (C=N–C) groups is 1. The van der Waals surface area contributed by atoms with Gasteiger partial charge in [0.2, 0.25) is 11.8 Å². The molecule has 1 N–H and O–H groups in total. The average molecular weight is 596 g/mol. The third kappa shape index (κ3) is 10.8. The second-order valence-electron chi connectivity index (χ2n) is 10.4. The first-order chi connectivity index (χ1) is 20.4. The van der Waals surface area contributed by atoms with Crippen LogP contribution in [0.3, 0.4) is 0 Å². The largest absolute Gasteiger partial charge is 0.494 e. The minimum absolute atomic E-state index is 0.102. The van der Waals surface area contributed by atoms with Crippen molar-refractivity contribution in [3.05, 3.63) is 54.1 Å². The number of thioether (sulfide) groups is 1. The fourth-order valence-electron chi connectivity index (χ4n) is 4.51. The van der Waals surface area contributed by atoms with Gasteiger partial charge in [-0.25, -0.2) is 9.79 Å². The lowest BCUT2D eigenvalue weighted by Gasteiger charge is -2.32. The summed E-state index contributed by atoms with van der Waals surface area (Å²) in [4.78, 5) is 45.0. The van der Waals surface area contributed by atoms with Crippen LogP contribution in [0.15, 0.2) is 53.5 Å². The summed E-state index contributed by atoms with van der Waals surface area (Å²) >= 11 is 1.30. The molecule has 0 aliphatic carbocycles. The Morgan fingerprint density at radius 3 is 2.24 bits per heavy atom. The van der Waals surface area contributed by atoms with Gasteiger partial charge in [0.1, 0.15) is 11.0 Å². The van der Waals surface area contributed by atoms with Crippen LogP contribution in [0.2, 0.25) is 0 Å². The predicted octanol–water partition coefficient (Wildman–Crippen LogP) is 7.75. The number of rotatable bonds is 17. The normalized spacial score (nSPS) is 16.0. The molecule has 42 heavy (non-hydrogen) atoms. The van der Waals surface area contributed by atoms with E-state index in [1.54, 1.807) is 36.1 Å². The third-order valence-electron chi connectivity index (χ3n) is 6.91. The number of nitrogens with one attached hydrogen (secondary N) is 1. The number of unbranched alkanes of at least 4 members (excludes halogenated alkanes) is 7. The Balaban J connectivity index is 1.67. The number of ether oxygens (including phenoxy) is 2. The standard InChI is InChI=1S/C33H45N3O5S/c1-4-7-9-11-12-22-36-30(37)24-29(42-33(36)35-27-16-14-25(15-17-27)32(39)40-6-3)31(38)34-26-18-20-28(21-19-26)41-23-13-10-8-5-2/h14-21,29H,4-13,22-24H2,1-3H3,(H,34,38). The molecule has 1 unspecified atom stereocenters. The summed E-state index contributed by atoms with van der Waals surface area (Å²) in [6, 6.07) is 14.1. The van der Waals surface area contributed by atoms with Gasteiger partial charge in [-0.15, -0.1) is 0 Å². The third-order valence-corrected chi connectivity index (χ3v) is 8.10. The van der Waals surface area contributed by atoms with Crippen molar-refractivity contribution < 1.29 is 23.9 Å². The van der Waals surface area contributed by atoms with E-state index < -0.39 is 11.2 Å². The summed E-state index contributed by atoms with van der Waals surface area (Å²) in [6.45, 7) is 7.65. The lowest BCUT2D eigenvalue weighted by Crippen LogP contribution is -2.45. The molecule has 0 bridgehead atoms. The van der Waals surface area contributed by atoms with Gasteiger partial charge in [-0.1, -0.05) is 70.6 Å². The summed E-state index contributed by atoms with van der Waals surface area (Å²) in [6.07, 6.45) is 10.0. The van der Waals surface area contributed by atoms with Gasteiger partial charge < -0.3 is 14.8 Å². The van der Waals surface area contributed by atoms with Crippen molar-refractivity contribution in [3.8, 4) is 5.75 Å². The van der Waals surface area contributed by atoms with Gasteiger partial charge in [-0.2, -0.15) is 0 Å². The highest BCUT2D eigenvalue weighted by Crippen LogP contribution is 2.31. The second-order valence-corrected chi connectivity index (χ2v) is 11.5. The first-order valence-corrected chi connectivity index (χ1v) is 16.2. The quantitative estimate of drug-likeness (QED) is 0.148. The molecule has 1 aliphatic heterocycles. The maximum atomic E-state index is 13.3. The molecule has 228 valence electrons. The smallest absolute Gasteiger partial charge is 0.338 e. The molecule has 2 aromatic rings. The number of amidine groups is 1. The van der Waals surface area contributed by atoms with E-state index in [1.165, 1.54) is 31.0 Å². The number of carbonyl (C=O) groups is 3. The van der Waals surface area contributed by atoms with Crippen molar-refractivity contribution in [2.24, 2.45) is 4.99 Å². The molecule has 8 nitrogen and oxygen atoms in total. The molecule has 3 rings (SSSR count). The van der Waals surface area contributed by atoms with Crippen LogP contribution in [-0.4, -0.2) is 52.9 Å². The molecule has 1 atom stereocenters. The number of anilines is 1. The van der Waals surface area contributed by atoms with E-state index in [9.17, 15) is 14.4 Å². The predicted molar refractivity (Wildman–Crippen MR) is 171 cm³/mol. The molecule has 2 amide bonds. The minimum Gasteiger partial charge on any atom is -0.494 e. The minimum atomic E-state index is -0.610. The van der Waals surface area contributed by atoms with E-state index in [0.717, 1.165) is 44.3 Å². The van der Waals surface area contributed by atoms with E-state index in [-0.39, 0.29) is 18.2 Å². The zero-order valence-corrected chi connectivity index (χ0v) is 26.0. The van der Waals surface area contributed by atoms with Gasteiger partial charge in [-0.05, 0) is 68.3 Å². The van der Waals surface area contributed by atoms with Crippen molar-refractivity contribution in [1.82, 2.24) is 4.90 Å². The number of hydrogen-bond donors (Lipinski definition) is 1. The summed E-state index contributed by atoms with van der Waals surface area (Å²) in [7, 11) is 0. The number of hydrogen-bond acceptors (Lipinski definition) is 7. The first-order valence-electron chi connectivity index (χ1n) is 15.3. The highest BCUT2D eigenvalue weighted by Gasteiger charge is 2.35. The fraction of sp³-hybridized carbons (Fsp3) is 0.515. The Labute approximate surface area is 254 Å². The molecule has 2 aromatic carbocycles. The van der Waals surface area contributed by atoms with Crippen LogP contribution in [0.25, 0.3) is 0 Å². The molecule has 0 spiro atoms. The zero-order chi connectivity index (χ0) is 30.2. The molecule has 1 fully saturated rings. The number of nitrogens with zero attached hydrogens (tertiary/aromatic N) is 2. The number of esters is 1. The highest BCUT2D eigenvalue weighted by atomic mass is 32.2. The first kappa shape index (κ1) is 33.2. The Kier molecular flexibility index (Phi) is 14.4. The maximum Gasteiger partial charge on any atom is 0.338 e. The molecule has 1 heterocycles. The van der Waals surface area contributed by atoms with Crippen molar-refractivity contribution in [1.29, 1.82) is 0 Å². The Morgan fingerprint density at radius 1 is 0.905 bits per heavy atom. The lowest BCUT2D eigenvalue weighted by molar-refractivity contribution is -0.129. The average Bonchev–Trinajstić information content (AvgIpc) is 2.99. The molecule has 1 saturated heterocycles. The molecule has 0 radical (unpaired) electrons. The van der Waals surface area contributed by atoms with E-state index in [4.69, 9.17) is 14.5 Å². The summed E-state index contributed by atoms with van der Waals surface area (Å²) in [5, 5.41) is 2.84. The Morgan fingerprint density at radius 2 is 1.57 bits per heavy atom. The lowest BCUT2D eigenvalue weighted by atomic mass is 10.1. The van der Waals surface area contributed by atoms with Gasteiger partial charge >= 0.3 is 5.97 Å². The van der Waals surface area contributed by atoms with Crippen molar-refractivity contribution >= 4 is 46.1 Å². The molecular weight excluding hydrogens is 550 g/mol. The van der Waals surface area contributed by atoms with E-state index in [1.807, 2.05) is 24.3 Å². The van der Waals surface area contributed by atoms with E-state index in [2.05, 4.69) is 19.2 Å². The SMILES string of the molecule is CCCCCCCN1C(=O)CC(C(=O)Nc2ccc(OCCCCCC)cc2)SC1=Nc1ccc(C(=O)OCC)cc1. The van der Waals surface area contributed by atoms with Crippen LogP contribution in [0.5, 0.6) is 5.75 Å². The molecular formula is C33H45N3O5S. The summed E-state index contributed by atoms with van der Waals surface area (Å²) in [5.41, 5.74) is 1.68. The molecule has 1 aliphatic rings. The second kappa shape index (κ2) is 18.3. The molecule has 0 saturated carbocycles. The van der Waals surface area contributed by atoms with Crippen LogP contribution in [-0.2, 0) is 14.3 Å². The zero-order valence-electron chi connectivity index (χ0n) is 25.2.